The molecule has 1 aliphatic carbocycles. The fourth-order valence-electron chi connectivity index (χ4n) is 3.74. The van der Waals surface area contributed by atoms with Crippen molar-refractivity contribution in [2.24, 2.45) is 11.8 Å². The second-order valence-electron chi connectivity index (χ2n) is 8.59. The number of benzene rings is 1. The highest BCUT2D eigenvalue weighted by molar-refractivity contribution is 9.09. The first-order valence-corrected chi connectivity index (χ1v) is 9.29. The van der Waals surface area contributed by atoms with E-state index in [0.29, 0.717) is 4.83 Å². The zero-order valence-corrected chi connectivity index (χ0v) is 16.1. The molecule has 0 radical (unpaired) electrons. The van der Waals surface area contributed by atoms with E-state index in [-0.39, 0.29) is 10.8 Å². The molecule has 0 saturated heterocycles. The SMILES string of the molecule is CC1CCC(C(C)(C)c2ccc(C(C)(C)C)cc2)C(Br)C1. The number of rotatable bonds is 2. The second-order valence-corrected chi connectivity index (χ2v) is 9.77. The van der Waals surface area contributed by atoms with Crippen molar-refractivity contribution in [1.82, 2.24) is 0 Å². The molecular formula is C20H31Br. The van der Waals surface area contributed by atoms with E-state index in [1.807, 2.05) is 0 Å². The summed E-state index contributed by atoms with van der Waals surface area (Å²) in [6, 6.07) is 9.37. The van der Waals surface area contributed by atoms with Crippen molar-refractivity contribution < 1.29 is 0 Å². The van der Waals surface area contributed by atoms with Crippen molar-refractivity contribution in [3.63, 3.8) is 0 Å². The van der Waals surface area contributed by atoms with Gasteiger partial charge in [-0.3, -0.25) is 0 Å². The minimum atomic E-state index is 0.237. The zero-order valence-electron chi connectivity index (χ0n) is 14.5. The van der Waals surface area contributed by atoms with Gasteiger partial charge in [0, 0.05) is 4.83 Å². The molecule has 2 rings (SSSR count). The van der Waals surface area contributed by atoms with Crippen LogP contribution >= 0.6 is 15.9 Å². The molecule has 3 unspecified atom stereocenters. The summed E-state index contributed by atoms with van der Waals surface area (Å²) >= 11 is 3.97. The maximum absolute atomic E-state index is 3.97. The first kappa shape index (κ1) is 17.1. The standard InChI is InChI=1S/C20H31Br/c1-14-7-12-17(18(21)13-14)20(5,6)16-10-8-15(9-11-16)19(2,3)4/h8-11,14,17-18H,7,12-13H2,1-6H3. The maximum Gasteiger partial charge on any atom is 0.0184 e. The van der Waals surface area contributed by atoms with Gasteiger partial charge in [0.1, 0.15) is 0 Å². The topological polar surface area (TPSA) is 0 Å². The van der Waals surface area contributed by atoms with Gasteiger partial charge in [0.25, 0.3) is 0 Å². The van der Waals surface area contributed by atoms with E-state index in [2.05, 4.69) is 81.7 Å². The van der Waals surface area contributed by atoms with Crippen LogP contribution < -0.4 is 0 Å². The summed E-state index contributed by atoms with van der Waals surface area (Å²) in [7, 11) is 0. The molecule has 0 aliphatic heterocycles. The predicted molar refractivity (Wildman–Crippen MR) is 97.4 cm³/mol. The minimum Gasteiger partial charge on any atom is -0.0887 e. The third-order valence-electron chi connectivity index (χ3n) is 5.46. The molecule has 0 aromatic heterocycles. The fourth-order valence-corrected chi connectivity index (χ4v) is 5.30. The second kappa shape index (κ2) is 6.07. The van der Waals surface area contributed by atoms with Gasteiger partial charge in [0.2, 0.25) is 0 Å². The molecule has 1 aromatic carbocycles. The van der Waals surface area contributed by atoms with Crippen LogP contribution in [0.3, 0.4) is 0 Å². The summed E-state index contributed by atoms with van der Waals surface area (Å²) in [5.74, 6) is 1.60. The van der Waals surface area contributed by atoms with Crippen LogP contribution in [0.25, 0.3) is 0 Å². The first-order chi connectivity index (χ1) is 9.62. The summed E-state index contributed by atoms with van der Waals surface area (Å²) in [5.41, 5.74) is 3.39. The van der Waals surface area contributed by atoms with Gasteiger partial charge in [-0.25, -0.2) is 0 Å². The van der Waals surface area contributed by atoms with Crippen LogP contribution in [0, 0.1) is 11.8 Å². The van der Waals surface area contributed by atoms with Crippen LogP contribution in [0.5, 0.6) is 0 Å². The normalized spacial score (nSPS) is 27.7. The molecule has 118 valence electrons. The van der Waals surface area contributed by atoms with Crippen LogP contribution in [0.15, 0.2) is 24.3 Å². The lowest BCUT2D eigenvalue weighted by Gasteiger charge is -2.42. The van der Waals surface area contributed by atoms with Gasteiger partial charge in [-0.05, 0) is 46.6 Å². The van der Waals surface area contributed by atoms with E-state index in [1.54, 1.807) is 0 Å². The molecule has 0 spiro atoms. The number of halogens is 1. The lowest BCUT2D eigenvalue weighted by molar-refractivity contribution is 0.214. The Kier molecular flexibility index (Phi) is 4.93. The number of alkyl halides is 1. The van der Waals surface area contributed by atoms with Gasteiger partial charge in [0.15, 0.2) is 0 Å². The lowest BCUT2D eigenvalue weighted by atomic mass is 9.65. The molecular weight excluding hydrogens is 320 g/mol. The van der Waals surface area contributed by atoms with E-state index in [4.69, 9.17) is 0 Å². The van der Waals surface area contributed by atoms with E-state index in [1.165, 1.54) is 30.4 Å². The molecule has 0 N–H and O–H groups in total. The highest BCUT2D eigenvalue weighted by Gasteiger charge is 2.38. The Morgan fingerprint density at radius 3 is 1.90 bits per heavy atom. The molecule has 21 heavy (non-hydrogen) atoms. The van der Waals surface area contributed by atoms with Crippen LogP contribution in [-0.2, 0) is 10.8 Å². The molecule has 0 heterocycles. The van der Waals surface area contributed by atoms with Gasteiger partial charge in [-0.1, -0.05) is 88.2 Å². The molecule has 0 nitrogen and oxygen atoms in total. The van der Waals surface area contributed by atoms with Crippen molar-refractivity contribution in [2.75, 3.05) is 0 Å². The molecule has 0 bridgehead atoms. The zero-order chi connectivity index (χ0) is 15.8. The smallest absolute Gasteiger partial charge is 0.0184 e. The van der Waals surface area contributed by atoms with Crippen LogP contribution in [0.1, 0.15) is 71.9 Å². The summed E-state index contributed by atoms with van der Waals surface area (Å²) < 4.78 is 0. The average Bonchev–Trinajstić information content (AvgIpc) is 2.37. The van der Waals surface area contributed by atoms with Crippen LogP contribution in [0.2, 0.25) is 0 Å². The van der Waals surface area contributed by atoms with Gasteiger partial charge in [-0.2, -0.15) is 0 Å². The quantitative estimate of drug-likeness (QED) is 0.536. The molecule has 1 aliphatic rings. The Labute approximate surface area is 139 Å². The lowest BCUT2D eigenvalue weighted by Crippen LogP contribution is -2.38. The summed E-state index contributed by atoms with van der Waals surface area (Å²) in [6.45, 7) is 14.1. The van der Waals surface area contributed by atoms with E-state index in [9.17, 15) is 0 Å². The van der Waals surface area contributed by atoms with Crippen molar-refractivity contribution in [2.45, 2.75) is 76.5 Å². The van der Waals surface area contributed by atoms with Crippen molar-refractivity contribution >= 4 is 15.9 Å². The predicted octanol–water partition coefficient (Wildman–Crippen LogP) is 6.46. The molecule has 0 amide bonds. The van der Waals surface area contributed by atoms with Crippen molar-refractivity contribution in [3.05, 3.63) is 35.4 Å². The molecule has 1 heteroatoms. The van der Waals surface area contributed by atoms with Gasteiger partial charge in [-0.15, -0.1) is 0 Å². The summed E-state index contributed by atoms with van der Waals surface area (Å²) in [5, 5.41) is 0. The molecule has 1 saturated carbocycles. The Morgan fingerprint density at radius 2 is 1.43 bits per heavy atom. The molecule has 1 aromatic rings. The van der Waals surface area contributed by atoms with Gasteiger partial charge in [0.05, 0.1) is 0 Å². The van der Waals surface area contributed by atoms with E-state index >= 15 is 0 Å². The Balaban J connectivity index is 2.23. The fraction of sp³-hybridized carbons (Fsp3) is 0.700. The van der Waals surface area contributed by atoms with Crippen molar-refractivity contribution in [1.29, 1.82) is 0 Å². The first-order valence-electron chi connectivity index (χ1n) is 8.37. The van der Waals surface area contributed by atoms with Gasteiger partial charge >= 0.3 is 0 Å². The highest BCUT2D eigenvalue weighted by Crippen LogP contribution is 2.45. The van der Waals surface area contributed by atoms with E-state index in [0.717, 1.165) is 11.8 Å². The third kappa shape index (κ3) is 3.73. The van der Waals surface area contributed by atoms with E-state index < -0.39 is 0 Å². The van der Waals surface area contributed by atoms with Gasteiger partial charge < -0.3 is 0 Å². The van der Waals surface area contributed by atoms with Crippen molar-refractivity contribution in [3.8, 4) is 0 Å². The number of hydrogen-bond acceptors (Lipinski definition) is 0. The summed E-state index contributed by atoms with van der Waals surface area (Å²) in [4.78, 5) is 0.651. The number of hydrogen-bond donors (Lipinski definition) is 0. The minimum absolute atomic E-state index is 0.237. The molecule has 3 atom stereocenters. The largest absolute Gasteiger partial charge is 0.0887 e. The Hall–Kier alpha value is -0.300. The summed E-state index contributed by atoms with van der Waals surface area (Å²) in [6.07, 6.45) is 4.02. The Bertz CT molecular complexity index is 464. The third-order valence-corrected chi connectivity index (χ3v) is 6.47. The van der Waals surface area contributed by atoms with Crippen LogP contribution in [-0.4, -0.2) is 4.83 Å². The van der Waals surface area contributed by atoms with Crippen LogP contribution in [0.4, 0.5) is 0 Å². The monoisotopic (exact) mass is 350 g/mol. The Morgan fingerprint density at radius 1 is 0.905 bits per heavy atom. The maximum atomic E-state index is 3.97. The molecule has 1 fully saturated rings. The average molecular weight is 351 g/mol. The highest BCUT2D eigenvalue weighted by atomic mass is 79.9.